The Kier molecular flexibility index (Phi) is 5.17. The Morgan fingerprint density at radius 1 is 1.14 bits per heavy atom. The van der Waals surface area contributed by atoms with Crippen LogP contribution in [0.15, 0.2) is 42.5 Å². The summed E-state index contributed by atoms with van der Waals surface area (Å²) in [6.45, 7) is 2.80. The summed E-state index contributed by atoms with van der Waals surface area (Å²) in [7, 11) is 5.85. The third-order valence-corrected chi connectivity index (χ3v) is 3.49. The second kappa shape index (κ2) is 7.09. The van der Waals surface area contributed by atoms with Crippen LogP contribution in [0.25, 0.3) is 0 Å². The Balaban J connectivity index is 2.08. The average Bonchev–Trinajstić information content (AvgIpc) is 2.48. The number of aryl methyl sites for hydroxylation is 1. The standard InChI is InChI=1S/C17H23N3O/c1-13-6-5-7-17(19-13)18-12-16(20(2)3)14-8-10-15(21-4)11-9-14/h5-11,16H,12H2,1-4H3,(H,18,19). The van der Waals surface area contributed by atoms with E-state index in [-0.39, 0.29) is 6.04 Å². The molecule has 0 fully saturated rings. The molecule has 2 aromatic rings. The fraction of sp³-hybridized carbons (Fsp3) is 0.353. The molecule has 1 unspecified atom stereocenters. The fourth-order valence-corrected chi connectivity index (χ4v) is 2.27. The first kappa shape index (κ1) is 15.3. The molecule has 21 heavy (non-hydrogen) atoms. The average molecular weight is 285 g/mol. The maximum Gasteiger partial charge on any atom is 0.126 e. The monoisotopic (exact) mass is 285 g/mol. The molecule has 1 aromatic carbocycles. The van der Waals surface area contributed by atoms with Gasteiger partial charge in [0.1, 0.15) is 11.6 Å². The number of anilines is 1. The van der Waals surface area contributed by atoms with E-state index < -0.39 is 0 Å². The van der Waals surface area contributed by atoms with Crippen LogP contribution in [0.4, 0.5) is 5.82 Å². The summed E-state index contributed by atoms with van der Waals surface area (Å²) in [6, 6.07) is 14.5. The molecule has 1 heterocycles. The van der Waals surface area contributed by atoms with Crippen LogP contribution in [0, 0.1) is 6.92 Å². The molecule has 0 aliphatic rings. The molecule has 0 radical (unpaired) electrons. The second-order valence-electron chi connectivity index (χ2n) is 5.30. The molecule has 0 saturated heterocycles. The van der Waals surface area contributed by atoms with Crippen LogP contribution in [0.3, 0.4) is 0 Å². The maximum absolute atomic E-state index is 5.21. The van der Waals surface area contributed by atoms with Gasteiger partial charge in [-0.3, -0.25) is 0 Å². The molecular weight excluding hydrogens is 262 g/mol. The summed E-state index contributed by atoms with van der Waals surface area (Å²) in [4.78, 5) is 6.67. The lowest BCUT2D eigenvalue weighted by molar-refractivity contribution is 0.311. The summed E-state index contributed by atoms with van der Waals surface area (Å²) < 4.78 is 5.21. The Hall–Kier alpha value is -2.07. The van der Waals surface area contributed by atoms with Crippen molar-refractivity contribution in [1.82, 2.24) is 9.88 Å². The first-order valence-electron chi connectivity index (χ1n) is 7.08. The van der Waals surface area contributed by atoms with Crippen LogP contribution in [0.1, 0.15) is 17.3 Å². The van der Waals surface area contributed by atoms with E-state index in [1.165, 1.54) is 5.56 Å². The zero-order valence-corrected chi connectivity index (χ0v) is 13.1. The second-order valence-corrected chi connectivity index (χ2v) is 5.30. The van der Waals surface area contributed by atoms with Crippen molar-refractivity contribution in [3.63, 3.8) is 0 Å². The number of pyridine rings is 1. The predicted octanol–water partition coefficient (Wildman–Crippen LogP) is 3.11. The Bertz CT molecular complexity index is 567. The topological polar surface area (TPSA) is 37.4 Å². The van der Waals surface area contributed by atoms with Crippen molar-refractivity contribution >= 4 is 5.82 Å². The number of benzene rings is 1. The predicted molar refractivity (Wildman–Crippen MR) is 86.9 cm³/mol. The molecule has 112 valence electrons. The van der Waals surface area contributed by atoms with Crippen LogP contribution in [0.5, 0.6) is 5.75 Å². The lowest BCUT2D eigenvalue weighted by Gasteiger charge is -2.25. The quantitative estimate of drug-likeness (QED) is 0.885. The van der Waals surface area contributed by atoms with Gasteiger partial charge in [0.2, 0.25) is 0 Å². The Labute approximate surface area is 126 Å². The van der Waals surface area contributed by atoms with E-state index in [0.29, 0.717) is 0 Å². The molecule has 0 spiro atoms. The van der Waals surface area contributed by atoms with E-state index >= 15 is 0 Å². The van der Waals surface area contributed by atoms with E-state index in [9.17, 15) is 0 Å². The number of nitrogens with zero attached hydrogens (tertiary/aromatic N) is 2. The molecule has 2 rings (SSSR count). The van der Waals surface area contributed by atoms with E-state index in [2.05, 4.69) is 41.4 Å². The maximum atomic E-state index is 5.21. The molecule has 4 heteroatoms. The summed E-state index contributed by atoms with van der Waals surface area (Å²) in [5.74, 6) is 1.79. The number of nitrogens with one attached hydrogen (secondary N) is 1. The molecule has 0 bridgehead atoms. The van der Waals surface area contributed by atoms with Gasteiger partial charge in [0.15, 0.2) is 0 Å². The molecule has 0 amide bonds. The summed E-state index contributed by atoms with van der Waals surface area (Å²) in [6.07, 6.45) is 0. The minimum Gasteiger partial charge on any atom is -0.497 e. The molecule has 1 N–H and O–H groups in total. The highest BCUT2D eigenvalue weighted by atomic mass is 16.5. The number of hydrogen-bond donors (Lipinski definition) is 1. The van der Waals surface area contributed by atoms with E-state index in [1.807, 2.05) is 37.3 Å². The SMILES string of the molecule is COc1ccc(C(CNc2cccc(C)n2)N(C)C)cc1. The van der Waals surface area contributed by atoms with Gasteiger partial charge in [-0.05, 0) is 50.8 Å². The highest BCUT2D eigenvalue weighted by Gasteiger charge is 2.14. The van der Waals surface area contributed by atoms with E-state index in [1.54, 1.807) is 7.11 Å². The van der Waals surface area contributed by atoms with Gasteiger partial charge in [0.05, 0.1) is 13.2 Å². The largest absolute Gasteiger partial charge is 0.497 e. The van der Waals surface area contributed by atoms with Crippen molar-refractivity contribution in [2.75, 3.05) is 33.1 Å². The van der Waals surface area contributed by atoms with Crippen molar-refractivity contribution in [2.24, 2.45) is 0 Å². The molecule has 4 nitrogen and oxygen atoms in total. The number of likely N-dealkylation sites (N-methyl/N-ethyl adjacent to an activating group) is 1. The number of aromatic nitrogens is 1. The third kappa shape index (κ3) is 4.20. The van der Waals surface area contributed by atoms with Crippen molar-refractivity contribution in [3.8, 4) is 5.75 Å². The number of ether oxygens (including phenoxy) is 1. The molecule has 0 aliphatic carbocycles. The van der Waals surface area contributed by atoms with Gasteiger partial charge >= 0.3 is 0 Å². The first-order chi connectivity index (χ1) is 10.1. The normalized spacial score (nSPS) is 12.2. The van der Waals surface area contributed by atoms with Crippen LogP contribution < -0.4 is 10.1 Å². The van der Waals surface area contributed by atoms with E-state index in [0.717, 1.165) is 23.8 Å². The zero-order chi connectivity index (χ0) is 15.2. The van der Waals surface area contributed by atoms with Gasteiger partial charge in [-0.15, -0.1) is 0 Å². The van der Waals surface area contributed by atoms with Gasteiger partial charge in [-0.2, -0.15) is 0 Å². The van der Waals surface area contributed by atoms with Crippen LogP contribution in [-0.4, -0.2) is 37.6 Å². The minimum atomic E-state index is 0.276. The van der Waals surface area contributed by atoms with Crippen molar-refractivity contribution in [2.45, 2.75) is 13.0 Å². The summed E-state index contributed by atoms with van der Waals surface area (Å²) >= 11 is 0. The first-order valence-corrected chi connectivity index (χ1v) is 7.08. The van der Waals surface area contributed by atoms with Gasteiger partial charge < -0.3 is 15.0 Å². The molecular formula is C17H23N3O. The molecule has 0 saturated carbocycles. The molecule has 1 aromatic heterocycles. The van der Waals surface area contributed by atoms with E-state index in [4.69, 9.17) is 4.74 Å². The zero-order valence-electron chi connectivity index (χ0n) is 13.1. The van der Waals surface area contributed by atoms with Gasteiger partial charge in [0, 0.05) is 12.2 Å². The van der Waals surface area contributed by atoms with Gasteiger partial charge in [0.25, 0.3) is 0 Å². The van der Waals surface area contributed by atoms with Gasteiger partial charge in [-0.1, -0.05) is 18.2 Å². The molecule has 1 atom stereocenters. The Morgan fingerprint density at radius 3 is 2.43 bits per heavy atom. The summed E-state index contributed by atoms with van der Waals surface area (Å²) in [5, 5.41) is 3.41. The smallest absolute Gasteiger partial charge is 0.126 e. The Morgan fingerprint density at radius 2 is 1.86 bits per heavy atom. The highest BCUT2D eigenvalue weighted by molar-refractivity contribution is 5.36. The van der Waals surface area contributed by atoms with Crippen LogP contribution in [0.2, 0.25) is 0 Å². The minimum absolute atomic E-state index is 0.276. The van der Waals surface area contributed by atoms with Gasteiger partial charge in [-0.25, -0.2) is 4.98 Å². The molecule has 0 aliphatic heterocycles. The van der Waals surface area contributed by atoms with Crippen molar-refractivity contribution in [3.05, 3.63) is 53.7 Å². The van der Waals surface area contributed by atoms with Crippen LogP contribution in [-0.2, 0) is 0 Å². The number of hydrogen-bond acceptors (Lipinski definition) is 4. The number of methoxy groups -OCH3 is 1. The lowest BCUT2D eigenvalue weighted by atomic mass is 10.1. The number of rotatable bonds is 6. The fourth-order valence-electron chi connectivity index (χ4n) is 2.27. The summed E-state index contributed by atoms with van der Waals surface area (Å²) in [5.41, 5.74) is 2.27. The van der Waals surface area contributed by atoms with Crippen LogP contribution >= 0.6 is 0 Å². The lowest BCUT2D eigenvalue weighted by Crippen LogP contribution is -2.27. The third-order valence-electron chi connectivity index (χ3n) is 3.49. The van der Waals surface area contributed by atoms with Crippen molar-refractivity contribution in [1.29, 1.82) is 0 Å². The highest BCUT2D eigenvalue weighted by Crippen LogP contribution is 2.21. The van der Waals surface area contributed by atoms with Crippen molar-refractivity contribution < 1.29 is 4.74 Å².